The number of nitrogens with zero attached hydrogens (tertiary/aromatic N) is 3. The van der Waals surface area contributed by atoms with Crippen LogP contribution in [0, 0.1) is 0 Å². The zero-order valence-corrected chi connectivity index (χ0v) is 9.88. The molecule has 0 radical (unpaired) electrons. The number of aromatic nitrogens is 3. The Balaban J connectivity index is 2.93. The Morgan fingerprint density at radius 3 is 2.50 bits per heavy atom. The van der Waals surface area contributed by atoms with Gasteiger partial charge in [-0.3, -0.25) is 0 Å². The lowest BCUT2D eigenvalue weighted by Crippen LogP contribution is -2.16. The van der Waals surface area contributed by atoms with Gasteiger partial charge in [0.25, 0.3) is 0 Å². The lowest BCUT2D eigenvalue weighted by molar-refractivity contribution is 0.166. The molecule has 1 unspecified atom stereocenters. The van der Waals surface area contributed by atoms with Gasteiger partial charge in [-0.2, -0.15) is 0 Å². The van der Waals surface area contributed by atoms with Crippen LogP contribution in [0.3, 0.4) is 0 Å². The van der Waals surface area contributed by atoms with E-state index in [4.69, 9.17) is 0 Å². The van der Waals surface area contributed by atoms with E-state index in [1.165, 1.54) is 11.8 Å². The molecular formula is C9H17N3OS. The predicted octanol–water partition coefficient (Wildman–Crippen LogP) is 1.50. The molecule has 0 aromatic carbocycles. The summed E-state index contributed by atoms with van der Waals surface area (Å²) in [6, 6.07) is 0. The Bertz CT molecular complexity index is 296. The van der Waals surface area contributed by atoms with Crippen molar-refractivity contribution >= 4 is 11.8 Å². The van der Waals surface area contributed by atoms with Crippen molar-refractivity contribution in [3.8, 4) is 0 Å². The highest BCUT2D eigenvalue weighted by atomic mass is 32.2. The van der Waals surface area contributed by atoms with E-state index < -0.39 is 0 Å². The number of aliphatic hydroxyl groups is 1. The van der Waals surface area contributed by atoms with Crippen molar-refractivity contribution in [2.24, 2.45) is 0 Å². The van der Waals surface area contributed by atoms with E-state index in [1.54, 1.807) is 11.6 Å². The summed E-state index contributed by atoms with van der Waals surface area (Å²) in [4.78, 5) is 4.38. The fourth-order valence-electron chi connectivity index (χ4n) is 1.23. The normalized spacial score (nSPS) is 13.6. The first-order chi connectivity index (χ1) is 6.54. The first-order valence-corrected chi connectivity index (χ1v) is 5.93. The smallest absolute Gasteiger partial charge is 0.208 e. The van der Waals surface area contributed by atoms with Crippen molar-refractivity contribution in [1.82, 2.24) is 14.8 Å². The van der Waals surface area contributed by atoms with Gasteiger partial charge in [-0.1, -0.05) is 25.6 Å². The molecule has 80 valence electrons. The maximum atomic E-state index is 9.30. The quantitative estimate of drug-likeness (QED) is 0.773. The Labute approximate surface area is 88.7 Å². The summed E-state index contributed by atoms with van der Waals surface area (Å²) in [5, 5.41) is 14.4. The summed E-state index contributed by atoms with van der Waals surface area (Å²) in [6.45, 7) is 6.42. The van der Waals surface area contributed by atoms with Crippen LogP contribution >= 0.6 is 11.8 Å². The molecule has 1 rings (SSSR count). The van der Waals surface area contributed by atoms with E-state index in [1.807, 2.05) is 6.26 Å². The fraction of sp³-hybridized carbons (Fsp3) is 0.778. The van der Waals surface area contributed by atoms with Crippen LogP contribution in [0.4, 0.5) is 0 Å². The van der Waals surface area contributed by atoms with Crippen LogP contribution in [-0.4, -0.2) is 32.2 Å². The van der Waals surface area contributed by atoms with Gasteiger partial charge < -0.3 is 5.11 Å². The molecule has 0 fully saturated rings. The second-order valence-corrected chi connectivity index (χ2v) is 4.42. The van der Waals surface area contributed by atoms with Crippen LogP contribution in [0.2, 0.25) is 0 Å². The minimum absolute atomic E-state index is 0.335. The fourth-order valence-corrected chi connectivity index (χ4v) is 1.60. The van der Waals surface area contributed by atoms with Crippen molar-refractivity contribution in [1.29, 1.82) is 0 Å². The highest BCUT2D eigenvalue weighted by molar-refractivity contribution is 7.98. The van der Waals surface area contributed by atoms with Crippen LogP contribution in [-0.2, 0) is 6.54 Å². The predicted molar refractivity (Wildman–Crippen MR) is 57.6 cm³/mol. The molecule has 0 aliphatic rings. The molecule has 1 aromatic rings. The van der Waals surface area contributed by atoms with Gasteiger partial charge >= 0.3 is 0 Å². The van der Waals surface area contributed by atoms with E-state index in [0.29, 0.717) is 12.5 Å². The summed E-state index contributed by atoms with van der Waals surface area (Å²) in [5.41, 5.74) is 0. The topological polar surface area (TPSA) is 50.9 Å². The van der Waals surface area contributed by atoms with Gasteiger partial charge in [0.1, 0.15) is 5.82 Å². The van der Waals surface area contributed by atoms with Gasteiger partial charge in [0.05, 0.1) is 12.6 Å². The molecule has 0 saturated heterocycles. The van der Waals surface area contributed by atoms with Crippen molar-refractivity contribution in [3.05, 3.63) is 5.82 Å². The van der Waals surface area contributed by atoms with Gasteiger partial charge in [-0.15, -0.1) is 5.10 Å². The zero-order chi connectivity index (χ0) is 10.7. The molecule has 1 heterocycles. The maximum absolute atomic E-state index is 9.30. The summed E-state index contributed by atoms with van der Waals surface area (Å²) >= 11 is 1.52. The third-order valence-electron chi connectivity index (χ3n) is 1.82. The van der Waals surface area contributed by atoms with Crippen LogP contribution in [0.25, 0.3) is 0 Å². The average molecular weight is 215 g/mol. The summed E-state index contributed by atoms with van der Waals surface area (Å²) in [5.74, 6) is 1.28. The van der Waals surface area contributed by atoms with Gasteiger partial charge in [0.2, 0.25) is 5.16 Å². The van der Waals surface area contributed by atoms with Crippen LogP contribution in [0.15, 0.2) is 5.16 Å². The molecule has 1 aromatic heterocycles. The average Bonchev–Trinajstić information content (AvgIpc) is 2.46. The van der Waals surface area contributed by atoms with Crippen LogP contribution in [0.5, 0.6) is 0 Å². The molecule has 0 bridgehead atoms. The van der Waals surface area contributed by atoms with E-state index >= 15 is 0 Å². The van der Waals surface area contributed by atoms with Crippen LogP contribution in [0.1, 0.15) is 32.5 Å². The third kappa shape index (κ3) is 2.72. The molecule has 5 heteroatoms. The molecule has 14 heavy (non-hydrogen) atoms. The van der Waals surface area contributed by atoms with Crippen LogP contribution < -0.4 is 0 Å². The Morgan fingerprint density at radius 1 is 1.43 bits per heavy atom. The number of thioether (sulfide) groups is 1. The number of aliphatic hydroxyl groups excluding tert-OH is 1. The molecule has 1 N–H and O–H groups in total. The van der Waals surface area contributed by atoms with E-state index in [-0.39, 0.29) is 6.10 Å². The largest absolute Gasteiger partial charge is 0.391 e. The molecule has 0 amide bonds. The van der Waals surface area contributed by atoms with Gasteiger partial charge in [-0.25, -0.2) is 9.67 Å². The van der Waals surface area contributed by atoms with Crippen molar-refractivity contribution in [2.75, 3.05) is 6.26 Å². The maximum Gasteiger partial charge on any atom is 0.208 e. The SMILES string of the molecule is CSc1nc(C(C)C)n(CC(C)O)n1. The Kier molecular flexibility index (Phi) is 3.95. The van der Waals surface area contributed by atoms with E-state index in [0.717, 1.165) is 11.0 Å². The van der Waals surface area contributed by atoms with E-state index in [9.17, 15) is 5.11 Å². The molecule has 4 nitrogen and oxygen atoms in total. The van der Waals surface area contributed by atoms with Crippen molar-refractivity contribution in [3.63, 3.8) is 0 Å². The third-order valence-corrected chi connectivity index (χ3v) is 2.36. The van der Waals surface area contributed by atoms with Gasteiger partial charge in [0, 0.05) is 5.92 Å². The van der Waals surface area contributed by atoms with Crippen molar-refractivity contribution in [2.45, 2.75) is 44.5 Å². The lowest BCUT2D eigenvalue weighted by atomic mass is 10.2. The second kappa shape index (κ2) is 4.79. The molecule has 0 aliphatic heterocycles. The molecule has 0 spiro atoms. The standard InChI is InChI=1S/C9H17N3OS/c1-6(2)8-10-9(14-4)11-12(8)5-7(3)13/h6-7,13H,5H2,1-4H3. The summed E-state index contributed by atoms with van der Waals surface area (Å²) in [7, 11) is 0. The zero-order valence-electron chi connectivity index (χ0n) is 9.06. The molecule has 1 atom stereocenters. The number of hydrogen-bond donors (Lipinski definition) is 1. The second-order valence-electron chi connectivity index (χ2n) is 3.64. The van der Waals surface area contributed by atoms with E-state index in [2.05, 4.69) is 23.9 Å². The molecular weight excluding hydrogens is 198 g/mol. The first kappa shape index (κ1) is 11.5. The van der Waals surface area contributed by atoms with Gasteiger partial charge in [-0.05, 0) is 13.2 Å². The highest BCUT2D eigenvalue weighted by Crippen LogP contribution is 2.16. The first-order valence-electron chi connectivity index (χ1n) is 4.71. The monoisotopic (exact) mass is 215 g/mol. The summed E-state index contributed by atoms with van der Waals surface area (Å²) < 4.78 is 1.79. The minimum Gasteiger partial charge on any atom is -0.391 e. The molecule has 0 saturated carbocycles. The highest BCUT2D eigenvalue weighted by Gasteiger charge is 2.13. The van der Waals surface area contributed by atoms with Gasteiger partial charge in [0.15, 0.2) is 0 Å². The summed E-state index contributed by atoms with van der Waals surface area (Å²) in [6.07, 6.45) is 1.57. The lowest BCUT2D eigenvalue weighted by Gasteiger charge is -2.09. The number of hydrogen-bond acceptors (Lipinski definition) is 4. The minimum atomic E-state index is -0.385. The Hall–Kier alpha value is -0.550. The Morgan fingerprint density at radius 2 is 2.07 bits per heavy atom. The number of rotatable bonds is 4. The van der Waals surface area contributed by atoms with Crippen molar-refractivity contribution < 1.29 is 5.11 Å². The molecule has 0 aliphatic carbocycles.